The summed E-state index contributed by atoms with van der Waals surface area (Å²) in [5.41, 5.74) is 5.75. The van der Waals surface area contributed by atoms with E-state index in [0.717, 1.165) is 22.6 Å². The molecule has 0 saturated carbocycles. The Labute approximate surface area is 165 Å². The first-order valence-corrected chi connectivity index (χ1v) is 12.0. The highest BCUT2D eigenvalue weighted by Gasteiger charge is 2.20. The zero-order valence-corrected chi connectivity index (χ0v) is 20.0. The number of pyridine rings is 1. The molecule has 0 spiro atoms. The Morgan fingerprint density at radius 2 is 0.958 bits per heavy atom. The van der Waals surface area contributed by atoms with Gasteiger partial charge >= 0.3 is 0 Å². The molecule has 1 rings (SSSR count). The largest absolute Gasteiger partial charge is 0.257 e. The van der Waals surface area contributed by atoms with Crippen LogP contribution >= 0.6 is 40.7 Å². The summed E-state index contributed by atoms with van der Waals surface area (Å²) in [6.07, 6.45) is 2.36. The molecular weight excluding hydrogens is 375 g/mol. The van der Waals surface area contributed by atoms with Crippen molar-refractivity contribution in [3.8, 4) is 0 Å². The van der Waals surface area contributed by atoms with Crippen LogP contribution in [0.25, 0.3) is 0 Å². The molecule has 0 amide bonds. The normalized spacial score (nSPS) is 11.6. The molecule has 1 aromatic heterocycles. The zero-order valence-electron chi connectivity index (χ0n) is 16.6. The third kappa shape index (κ3) is 8.80. The molecule has 142 valence electrons. The molecule has 0 saturated heterocycles. The van der Waals surface area contributed by atoms with Gasteiger partial charge in [0, 0.05) is 23.7 Å². The average molecular weight is 412 g/mol. The van der Waals surface area contributed by atoms with Crippen LogP contribution in [0, 0.1) is 0 Å². The number of hydrogen-bond acceptors (Lipinski definition) is 1. The van der Waals surface area contributed by atoms with Crippen molar-refractivity contribution in [2.24, 2.45) is 0 Å². The molecule has 5 heteroatoms. The smallest absolute Gasteiger partial charge is 0.0450 e. The Balaban J connectivity index is 0. The molecule has 0 aliphatic rings. The Morgan fingerprint density at radius 3 is 1.21 bits per heavy atom. The van der Waals surface area contributed by atoms with E-state index in [2.05, 4.69) is 73.6 Å². The maximum Gasteiger partial charge on any atom is 0.0450 e. The van der Waals surface area contributed by atoms with Crippen LogP contribution in [0.1, 0.15) is 66.8 Å². The number of nitrogens with zero attached hydrogens (tertiary/aromatic N) is 1. The first-order chi connectivity index (χ1) is 10.2. The van der Waals surface area contributed by atoms with Gasteiger partial charge in [0.25, 0.3) is 0 Å². The average Bonchev–Trinajstić information content (AvgIpc) is 2.41. The van der Waals surface area contributed by atoms with Gasteiger partial charge in [0.15, 0.2) is 0 Å². The fourth-order valence-corrected chi connectivity index (χ4v) is 7.95. The van der Waals surface area contributed by atoms with Crippen molar-refractivity contribution < 1.29 is 0 Å². The molecule has 0 aliphatic carbocycles. The van der Waals surface area contributed by atoms with Crippen molar-refractivity contribution in [3.63, 3.8) is 0 Å². The molecule has 1 aromatic rings. The van der Waals surface area contributed by atoms with Gasteiger partial charge in [0.2, 0.25) is 0 Å². The zero-order chi connectivity index (χ0) is 16.9. The molecule has 0 atom stereocenters. The number of hydrogen-bond donors (Lipinski definition) is 0. The Bertz CT molecular complexity index is 397. The fourth-order valence-electron chi connectivity index (χ4n) is 3.00. The molecular formula is C19H37Cl2NP2. The lowest BCUT2D eigenvalue weighted by atomic mass is 10.3. The molecule has 0 aromatic carbocycles. The molecule has 1 heterocycles. The lowest BCUT2D eigenvalue weighted by Gasteiger charge is -2.27. The van der Waals surface area contributed by atoms with Crippen LogP contribution in [0.15, 0.2) is 18.2 Å². The lowest BCUT2D eigenvalue weighted by Crippen LogP contribution is -2.08. The van der Waals surface area contributed by atoms with E-state index in [-0.39, 0.29) is 40.7 Å². The quantitative estimate of drug-likeness (QED) is 0.402. The predicted octanol–water partition coefficient (Wildman–Crippen LogP) is 7.52. The highest BCUT2D eigenvalue weighted by Crippen LogP contribution is 2.50. The third-order valence-electron chi connectivity index (χ3n) is 4.21. The van der Waals surface area contributed by atoms with Crippen molar-refractivity contribution in [2.75, 3.05) is 0 Å². The summed E-state index contributed by atoms with van der Waals surface area (Å²) < 4.78 is 0. The number of aromatic nitrogens is 1. The predicted molar refractivity (Wildman–Crippen MR) is 121 cm³/mol. The van der Waals surface area contributed by atoms with Gasteiger partial charge in [-0.25, -0.2) is 0 Å². The highest BCUT2D eigenvalue weighted by molar-refractivity contribution is 7.58. The Morgan fingerprint density at radius 1 is 0.667 bits per heavy atom. The minimum atomic E-state index is 0. The molecule has 24 heavy (non-hydrogen) atoms. The second-order valence-corrected chi connectivity index (χ2v) is 14.2. The SMILES string of the molecule is CC(C)P(Cc1cccc(CP(C(C)C)C(C)C)n1)C(C)C.Cl.Cl. The minimum absolute atomic E-state index is 0. The summed E-state index contributed by atoms with van der Waals surface area (Å²) in [6, 6.07) is 6.69. The summed E-state index contributed by atoms with van der Waals surface area (Å²) in [5, 5.41) is 0. The topological polar surface area (TPSA) is 12.9 Å². The summed E-state index contributed by atoms with van der Waals surface area (Å²) in [4.78, 5) is 5.01. The van der Waals surface area contributed by atoms with Crippen molar-refractivity contribution >= 4 is 40.7 Å². The molecule has 0 fully saturated rings. The van der Waals surface area contributed by atoms with Crippen molar-refractivity contribution in [2.45, 2.75) is 90.3 Å². The maximum atomic E-state index is 5.01. The van der Waals surface area contributed by atoms with E-state index in [0.29, 0.717) is 0 Å². The van der Waals surface area contributed by atoms with Gasteiger partial charge in [-0.15, -0.1) is 24.8 Å². The molecule has 0 radical (unpaired) electrons. The molecule has 0 aliphatic heterocycles. The van der Waals surface area contributed by atoms with Gasteiger partial charge in [-0.3, -0.25) is 4.98 Å². The molecule has 0 N–H and O–H groups in total. The standard InChI is InChI=1S/C19H35NP2.2ClH/c1-14(2)21(15(3)4)12-18-10-9-11-19(20-18)13-22(16(5)6)17(7)8;;/h9-11,14-17H,12-13H2,1-8H3;2*1H. The van der Waals surface area contributed by atoms with E-state index >= 15 is 0 Å². The maximum absolute atomic E-state index is 5.01. The third-order valence-corrected chi connectivity index (χ3v) is 10.9. The van der Waals surface area contributed by atoms with E-state index in [1.807, 2.05) is 0 Å². The summed E-state index contributed by atoms with van der Waals surface area (Å²) in [6.45, 7) is 18.9. The van der Waals surface area contributed by atoms with Crippen molar-refractivity contribution in [3.05, 3.63) is 29.6 Å². The second-order valence-electron chi connectivity index (χ2n) is 7.34. The van der Waals surface area contributed by atoms with E-state index in [1.165, 1.54) is 23.7 Å². The van der Waals surface area contributed by atoms with Crippen molar-refractivity contribution in [1.82, 2.24) is 4.98 Å². The van der Waals surface area contributed by atoms with Crippen LogP contribution < -0.4 is 0 Å². The van der Waals surface area contributed by atoms with Gasteiger partial charge in [0.05, 0.1) is 0 Å². The Hall–Kier alpha value is 0.590. The van der Waals surface area contributed by atoms with Gasteiger partial charge < -0.3 is 0 Å². The van der Waals surface area contributed by atoms with E-state index in [9.17, 15) is 0 Å². The van der Waals surface area contributed by atoms with E-state index in [4.69, 9.17) is 4.98 Å². The Kier molecular flexibility index (Phi) is 14.4. The van der Waals surface area contributed by atoms with Crippen LogP contribution in [0.4, 0.5) is 0 Å². The molecule has 0 unspecified atom stereocenters. The number of halogens is 2. The van der Waals surface area contributed by atoms with Gasteiger partial charge in [-0.1, -0.05) is 77.3 Å². The van der Waals surface area contributed by atoms with E-state index < -0.39 is 0 Å². The molecule has 0 bridgehead atoms. The second kappa shape index (κ2) is 12.9. The highest BCUT2D eigenvalue weighted by atomic mass is 35.5. The van der Waals surface area contributed by atoms with Crippen LogP contribution in [0.3, 0.4) is 0 Å². The van der Waals surface area contributed by atoms with Crippen LogP contribution in [0.2, 0.25) is 0 Å². The minimum Gasteiger partial charge on any atom is -0.257 e. The fraction of sp³-hybridized carbons (Fsp3) is 0.737. The van der Waals surface area contributed by atoms with Crippen LogP contribution in [-0.4, -0.2) is 27.6 Å². The van der Waals surface area contributed by atoms with Gasteiger partial charge in [-0.2, -0.15) is 0 Å². The molecule has 1 nitrogen and oxygen atoms in total. The monoisotopic (exact) mass is 411 g/mol. The van der Waals surface area contributed by atoms with Gasteiger partial charge in [-0.05, 0) is 34.8 Å². The number of rotatable bonds is 8. The van der Waals surface area contributed by atoms with E-state index in [1.54, 1.807) is 0 Å². The van der Waals surface area contributed by atoms with Crippen LogP contribution in [-0.2, 0) is 12.3 Å². The lowest BCUT2D eigenvalue weighted by molar-refractivity contribution is 0.967. The van der Waals surface area contributed by atoms with Crippen LogP contribution in [0.5, 0.6) is 0 Å². The summed E-state index contributed by atoms with van der Waals surface area (Å²) in [7, 11) is 0.0605. The summed E-state index contributed by atoms with van der Waals surface area (Å²) >= 11 is 0. The summed E-state index contributed by atoms with van der Waals surface area (Å²) in [5.74, 6) is 0. The van der Waals surface area contributed by atoms with Crippen molar-refractivity contribution in [1.29, 1.82) is 0 Å². The first-order valence-electron chi connectivity index (χ1n) is 8.68. The first kappa shape index (κ1) is 26.8. The van der Waals surface area contributed by atoms with Gasteiger partial charge in [0.1, 0.15) is 0 Å².